The number of imidazole rings is 1. The van der Waals surface area contributed by atoms with Gasteiger partial charge in [0.2, 0.25) is 5.91 Å². The van der Waals surface area contributed by atoms with Crippen molar-refractivity contribution in [1.82, 2.24) is 14.9 Å². The molecule has 4 aromatic rings. The number of carbonyl (C=O) groups is 1. The number of ether oxygens (including phenoxy) is 2. The van der Waals surface area contributed by atoms with E-state index in [1.807, 2.05) is 67.6 Å². The lowest BCUT2D eigenvalue weighted by molar-refractivity contribution is -0.120. The van der Waals surface area contributed by atoms with Crippen molar-refractivity contribution in [3.8, 4) is 11.5 Å². The van der Waals surface area contributed by atoms with Gasteiger partial charge in [0.15, 0.2) is 11.5 Å². The van der Waals surface area contributed by atoms with Crippen LogP contribution < -0.4 is 14.8 Å². The molecule has 0 radical (unpaired) electrons. The third kappa shape index (κ3) is 8.12. The zero-order chi connectivity index (χ0) is 28.2. The summed E-state index contributed by atoms with van der Waals surface area (Å²) in [6, 6.07) is 21.7. The van der Waals surface area contributed by atoms with E-state index in [0.29, 0.717) is 24.6 Å². The monoisotopic (exact) mass is 559 g/mol. The molecule has 0 bridgehead atoms. The molecule has 210 valence electrons. The smallest absolute Gasteiger partial charge is 0.224 e. The number of aryl methyl sites for hydroxylation is 2. The van der Waals surface area contributed by atoms with Crippen LogP contribution in [0.25, 0.3) is 17.1 Å². The van der Waals surface area contributed by atoms with Gasteiger partial charge in [-0.3, -0.25) is 4.79 Å². The Balaban J connectivity index is 1.24. The normalized spacial score (nSPS) is 11.3. The van der Waals surface area contributed by atoms with E-state index in [9.17, 15) is 4.79 Å². The second kappa shape index (κ2) is 15.1. The standard InChI is InChI=1S/C33H38ClN3O3/c1-3-12-25-18-19-30(31(23-25)39-2)40-22-11-21-37-29-16-9-8-15-28(29)36-32(37)17-5-4-10-20-35-33(38)24-26-13-6-7-14-27(26)34/h3,6-9,12-16,18-19,23H,4-5,10-11,17,20-22,24H2,1-2H3,(H,35,38)/b12-3+. The minimum Gasteiger partial charge on any atom is -0.493 e. The molecule has 0 aliphatic rings. The Labute approximate surface area is 242 Å². The number of hydrogen-bond donors (Lipinski definition) is 1. The van der Waals surface area contributed by atoms with Crippen molar-refractivity contribution in [2.45, 2.75) is 52.0 Å². The van der Waals surface area contributed by atoms with E-state index in [-0.39, 0.29) is 5.91 Å². The van der Waals surface area contributed by atoms with E-state index in [1.165, 1.54) is 0 Å². The van der Waals surface area contributed by atoms with Crippen molar-refractivity contribution in [2.75, 3.05) is 20.3 Å². The number of fused-ring (bicyclic) bond motifs is 1. The van der Waals surface area contributed by atoms with Gasteiger partial charge in [0.1, 0.15) is 5.82 Å². The fourth-order valence-corrected chi connectivity index (χ4v) is 4.96. The fraction of sp³-hybridized carbons (Fsp3) is 0.333. The van der Waals surface area contributed by atoms with Gasteiger partial charge in [-0.15, -0.1) is 0 Å². The lowest BCUT2D eigenvalue weighted by Gasteiger charge is -2.13. The number of hydrogen-bond acceptors (Lipinski definition) is 4. The maximum Gasteiger partial charge on any atom is 0.224 e. The van der Waals surface area contributed by atoms with Crippen LogP contribution in [0, 0.1) is 0 Å². The molecule has 1 N–H and O–H groups in total. The van der Waals surface area contributed by atoms with E-state index in [2.05, 4.69) is 28.1 Å². The molecular weight excluding hydrogens is 522 g/mol. The predicted octanol–water partition coefficient (Wildman–Crippen LogP) is 7.27. The summed E-state index contributed by atoms with van der Waals surface area (Å²) in [5.41, 5.74) is 4.11. The van der Waals surface area contributed by atoms with Gasteiger partial charge in [-0.1, -0.05) is 66.6 Å². The molecule has 0 unspecified atom stereocenters. The number of halogens is 1. The summed E-state index contributed by atoms with van der Waals surface area (Å²) in [5.74, 6) is 2.59. The number of nitrogens with zero attached hydrogens (tertiary/aromatic N) is 2. The molecule has 0 spiro atoms. The quantitative estimate of drug-likeness (QED) is 0.155. The van der Waals surface area contributed by atoms with Crippen molar-refractivity contribution in [3.63, 3.8) is 0 Å². The van der Waals surface area contributed by atoms with Crippen molar-refractivity contribution < 1.29 is 14.3 Å². The van der Waals surface area contributed by atoms with Crippen molar-refractivity contribution in [1.29, 1.82) is 0 Å². The SMILES string of the molecule is C/C=C/c1ccc(OCCCn2c(CCCCCNC(=O)Cc3ccccc3Cl)nc3ccccc32)c(OC)c1. The maximum atomic E-state index is 12.3. The number of rotatable bonds is 15. The molecule has 1 amide bonds. The Morgan fingerprint density at radius 2 is 1.82 bits per heavy atom. The molecule has 0 aliphatic heterocycles. The van der Waals surface area contributed by atoms with E-state index < -0.39 is 0 Å². The molecule has 1 heterocycles. The number of unbranched alkanes of at least 4 members (excludes halogenated alkanes) is 2. The highest BCUT2D eigenvalue weighted by atomic mass is 35.5. The highest BCUT2D eigenvalue weighted by Crippen LogP contribution is 2.29. The minimum atomic E-state index is 0.00321. The second-order valence-electron chi connectivity index (χ2n) is 9.71. The van der Waals surface area contributed by atoms with E-state index in [0.717, 1.165) is 78.1 Å². The zero-order valence-corrected chi connectivity index (χ0v) is 24.1. The van der Waals surface area contributed by atoms with Gasteiger partial charge in [0, 0.05) is 24.5 Å². The number of aromatic nitrogens is 2. The van der Waals surface area contributed by atoms with Crippen LogP contribution in [0.4, 0.5) is 0 Å². The van der Waals surface area contributed by atoms with E-state index in [1.54, 1.807) is 7.11 Å². The summed E-state index contributed by atoms with van der Waals surface area (Å²) in [7, 11) is 1.67. The molecule has 0 saturated carbocycles. The summed E-state index contributed by atoms with van der Waals surface area (Å²) in [6.07, 6.45) is 9.05. The van der Waals surface area contributed by atoms with Crippen molar-refractivity contribution >= 4 is 34.6 Å². The molecule has 3 aromatic carbocycles. The van der Waals surface area contributed by atoms with Crippen LogP contribution in [-0.4, -0.2) is 35.7 Å². The number of carbonyl (C=O) groups excluding carboxylic acids is 1. The number of nitrogens with one attached hydrogen (secondary N) is 1. The molecule has 0 atom stereocenters. The number of amides is 1. The molecule has 40 heavy (non-hydrogen) atoms. The van der Waals surface area contributed by atoms with Crippen LogP contribution in [0.2, 0.25) is 5.02 Å². The maximum absolute atomic E-state index is 12.3. The molecule has 0 saturated heterocycles. The van der Waals surface area contributed by atoms with Gasteiger partial charge in [-0.25, -0.2) is 4.98 Å². The summed E-state index contributed by atoms with van der Waals surface area (Å²) in [4.78, 5) is 17.2. The third-order valence-corrected chi connectivity index (χ3v) is 7.14. The Morgan fingerprint density at radius 1 is 1.00 bits per heavy atom. The average Bonchev–Trinajstić information content (AvgIpc) is 3.32. The molecule has 0 aliphatic carbocycles. The molecule has 4 rings (SSSR count). The number of para-hydroxylation sites is 2. The van der Waals surface area contributed by atoms with Gasteiger partial charge in [-0.2, -0.15) is 0 Å². The first-order valence-electron chi connectivity index (χ1n) is 14.0. The van der Waals surface area contributed by atoms with Gasteiger partial charge < -0.3 is 19.4 Å². The summed E-state index contributed by atoms with van der Waals surface area (Å²) in [6.45, 7) is 4.07. The first kappa shape index (κ1) is 29.2. The Bertz CT molecular complexity index is 1430. The lowest BCUT2D eigenvalue weighted by atomic mass is 10.1. The zero-order valence-electron chi connectivity index (χ0n) is 23.4. The summed E-state index contributed by atoms with van der Waals surface area (Å²) in [5, 5.41) is 3.64. The van der Waals surface area contributed by atoms with Crippen LogP contribution >= 0.6 is 11.6 Å². The van der Waals surface area contributed by atoms with Crippen LogP contribution in [0.15, 0.2) is 72.8 Å². The van der Waals surface area contributed by atoms with Gasteiger partial charge >= 0.3 is 0 Å². The van der Waals surface area contributed by atoms with Gasteiger partial charge in [0.25, 0.3) is 0 Å². The van der Waals surface area contributed by atoms with E-state index in [4.69, 9.17) is 26.1 Å². The van der Waals surface area contributed by atoms with Crippen molar-refractivity contribution in [2.24, 2.45) is 0 Å². The van der Waals surface area contributed by atoms with Crippen LogP contribution in [-0.2, 0) is 24.2 Å². The Kier molecular flexibility index (Phi) is 11.1. The Hall–Kier alpha value is -3.77. The van der Waals surface area contributed by atoms with Gasteiger partial charge in [-0.05, 0) is 67.6 Å². The number of methoxy groups -OCH3 is 1. The first-order chi connectivity index (χ1) is 19.6. The predicted molar refractivity (Wildman–Crippen MR) is 163 cm³/mol. The van der Waals surface area contributed by atoms with Crippen LogP contribution in [0.1, 0.15) is 49.6 Å². The van der Waals surface area contributed by atoms with Crippen molar-refractivity contribution in [3.05, 3.63) is 94.8 Å². The molecular formula is C33H38ClN3O3. The number of benzene rings is 3. The largest absolute Gasteiger partial charge is 0.493 e. The third-order valence-electron chi connectivity index (χ3n) is 6.77. The molecule has 0 fully saturated rings. The summed E-state index contributed by atoms with van der Waals surface area (Å²) < 4.78 is 13.9. The molecule has 7 heteroatoms. The van der Waals surface area contributed by atoms with Crippen LogP contribution in [0.3, 0.4) is 0 Å². The average molecular weight is 560 g/mol. The lowest BCUT2D eigenvalue weighted by Crippen LogP contribution is -2.26. The van der Waals surface area contributed by atoms with E-state index >= 15 is 0 Å². The Morgan fingerprint density at radius 3 is 2.65 bits per heavy atom. The molecule has 6 nitrogen and oxygen atoms in total. The highest BCUT2D eigenvalue weighted by molar-refractivity contribution is 6.31. The molecule has 1 aromatic heterocycles. The number of allylic oxidation sites excluding steroid dienone is 1. The van der Waals surface area contributed by atoms with Crippen LogP contribution in [0.5, 0.6) is 11.5 Å². The summed E-state index contributed by atoms with van der Waals surface area (Å²) >= 11 is 6.16. The topological polar surface area (TPSA) is 65.4 Å². The first-order valence-corrected chi connectivity index (χ1v) is 14.3. The van der Waals surface area contributed by atoms with Gasteiger partial charge in [0.05, 0.1) is 31.2 Å². The minimum absolute atomic E-state index is 0.00321. The fourth-order valence-electron chi connectivity index (χ4n) is 4.76. The second-order valence-corrected chi connectivity index (χ2v) is 10.1. The highest BCUT2D eigenvalue weighted by Gasteiger charge is 2.11.